The lowest BCUT2D eigenvalue weighted by molar-refractivity contribution is -0.119. The van der Waals surface area contributed by atoms with Gasteiger partial charge in [-0.05, 0) is 49.4 Å². The Kier molecular flexibility index (Phi) is 6.02. The van der Waals surface area contributed by atoms with Crippen LogP contribution in [0.15, 0.2) is 83.8 Å². The number of carbonyl (C=O) groups is 1. The summed E-state index contributed by atoms with van der Waals surface area (Å²) in [5.41, 5.74) is 1.19. The summed E-state index contributed by atoms with van der Waals surface area (Å²) in [7, 11) is -4.10. The molecular formula is C21H18ClNO4S. The largest absolute Gasteiger partial charge is 0.484 e. The zero-order valence-electron chi connectivity index (χ0n) is 15.1. The molecule has 0 bridgehead atoms. The van der Waals surface area contributed by atoms with Gasteiger partial charge in [-0.3, -0.25) is 4.79 Å². The maximum Gasteiger partial charge on any atom is 0.278 e. The lowest BCUT2D eigenvalue weighted by Crippen LogP contribution is -2.40. The van der Waals surface area contributed by atoms with Gasteiger partial charge in [0.15, 0.2) is 6.61 Å². The van der Waals surface area contributed by atoms with Gasteiger partial charge in [0.25, 0.3) is 15.9 Å². The first kappa shape index (κ1) is 19.9. The van der Waals surface area contributed by atoms with Crippen LogP contribution in [-0.2, 0) is 14.8 Å². The SMILES string of the molecule is Cc1ccc(N(C(=O)COc2cccc(Cl)c2)S(=O)(=O)c2ccccc2)cc1. The zero-order valence-corrected chi connectivity index (χ0v) is 16.7. The Hall–Kier alpha value is -2.83. The number of sulfonamides is 1. The minimum Gasteiger partial charge on any atom is -0.484 e. The molecule has 1 amide bonds. The van der Waals surface area contributed by atoms with Crippen LogP contribution < -0.4 is 9.04 Å². The highest BCUT2D eigenvalue weighted by Gasteiger charge is 2.31. The summed E-state index contributed by atoms with van der Waals surface area (Å²) in [5.74, 6) is -0.338. The number of hydrogen-bond acceptors (Lipinski definition) is 4. The highest BCUT2D eigenvalue weighted by molar-refractivity contribution is 7.93. The Morgan fingerprint density at radius 1 is 0.964 bits per heavy atom. The number of carbonyl (C=O) groups excluding carboxylic acids is 1. The van der Waals surface area contributed by atoms with E-state index in [0.717, 1.165) is 9.87 Å². The van der Waals surface area contributed by atoms with Crippen molar-refractivity contribution >= 4 is 33.2 Å². The van der Waals surface area contributed by atoms with Crippen molar-refractivity contribution in [1.82, 2.24) is 0 Å². The fraction of sp³-hybridized carbons (Fsp3) is 0.0952. The van der Waals surface area contributed by atoms with Crippen molar-refractivity contribution in [1.29, 1.82) is 0 Å². The minimum atomic E-state index is -4.10. The summed E-state index contributed by atoms with van der Waals surface area (Å²) >= 11 is 5.91. The zero-order chi connectivity index (χ0) is 20.1. The summed E-state index contributed by atoms with van der Waals surface area (Å²) in [6, 6.07) is 21.0. The predicted octanol–water partition coefficient (Wildman–Crippen LogP) is 4.45. The molecule has 0 saturated heterocycles. The van der Waals surface area contributed by atoms with Crippen LogP contribution in [0.25, 0.3) is 0 Å². The topological polar surface area (TPSA) is 63.7 Å². The molecule has 3 rings (SSSR count). The molecule has 0 aliphatic heterocycles. The lowest BCUT2D eigenvalue weighted by Gasteiger charge is -2.23. The maximum atomic E-state index is 13.2. The van der Waals surface area contributed by atoms with Crippen LogP contribution in [0, 0.1) is 6.92 Å². The van der Waals surface area contributed by atoms with E-state index in [0.29, 0.717) is 10.8 Å². The fourth-order valence-corrected chi connectivity index (χ4v) is 4.17. The van der Waals surface area contributed by atoms with Crippen LogP contribution in [0.5, 0.6) is 5.75 Å². The third-order valence-electron chi connectivity index (χ3n) is 3.93. The normalized spacial score (nSPS) is 11.1. The molecule has 144 valence electrons. The van der Waals surface area contributed by atoms with E-state index >= 15 is 0 Å². The van der Waals surface area contributed by atoms with Crippen molar-refractivity contribution in [3.8, 4) is 5.75 Å². The number of benzene rings is 3. The van der Waals surface area contributed by atoms with Crippen LogP contribution in [0.4, 0.5) is 5.69 Å². The standard InChI is InChI=1S/C21H18ClNO4S/c1-16-10-12-18(13-11-16)23(28(25,26)20-8-3-2-4-9-20)21(24)15-27-19-7-5-6-17(22)14-19/h2-14H,15H2,1H3. The number of amides is 1. The Balaban J connectivity index is 1.94. The van der Waals surface area contributed by atoms with E-state index in [1.54, 1.807) is 66.7 Å². The van der Waals surface area contributed by atoms with E-state index in [2.05, 4.69) is 0 Å². The molecule has 0 aromatic heterocycles. The number of aryl methyl sites for hydroxylation is 1. The van der Waals surface area contributed by atoms with Crippen LogP contribution in [-0.4, -0.2) is 20.9 Å². The van der Waals surface area contributed by atoms with Gasteiger partial charge < -0.3 is 4.74 Å². The molecule has 3 aromatic carbocycles. The Labute approximate surface area is 169 Å². The van der Waals surface area contributed by atoms with Crippen molar-refractivity contribution in [2.75, 3.05) is 10.9 Å². The van der Waals surface area contributed by atoms with Gasteiger partial charge in [0.1, 0.15) is 5.75 Å². The Morgan fingerprint density at radius 2 is 1.64 bits per heavy atom. The molecule has 0 spiro atoms. The molecule has 0 N–H and O–H groups in total. The predicted molar refractivity (Wildman–Crippen MR) is 109 cm³/mol. The van der Waals surface area contributed by atoms with Gasteiger partial charge in [0, 0.05) is 5.02 Å². The lowest BCUT2D eigenvalue weighted by atomic mass is 10.2. The first-order chi connectivity index (χ1) is 13.4. The van der Waals surface area contributed by atoms with E-state index < -0.39 is 22.5 Å². The highest BCUT2D eigenvalue weighted by Crippen LogP contribution is 2.25. The van der Waals surface area contributed by atoms with E-state index in [1.807, 2.05) is 6.92 Å². The van der Waals surface area contributed by atoms with Crippen LogP contribution in [0.2, 0.25) is 5.02 Å². The number of nitrogens with zero attached hydrogens (tertiary/aromatic N) is 1. The van der Waals surface area contributed by atoms with Crippen LogP contribution in [0.3, 0.4) is 0 Å². The van der Waals surface area contributed by atoms with E-state index in [9.17, 15) is 13.2 Å². The van der Waals surface area contributed by atoms with Crippen LogP contribution >= 0.6 is 11.6 Å². The average molecular weight is 416 g/mol. The molecule has 0 aliphatic carbocycles. The van der Waals surface area contributed by atoms with Crippen molar-refractivity contribution in [2.45, 2.75) is 11.8 Å². The summed E-state index contributed by atoms with van der Waals surface area (Å²) in [6.45, 7) is 1.42. The average Bonchev–Trinajstić information content (AvgIpc) is 2.69. The summed E-state index contributed by atoms with van der Waals surface area (Å²) in [6.07, 6.45) is 0. The van der Waals surface area contributed by atoms with Gasteiger partial charge in [-0.1, -0.05) is 53.6 Å². The number of halogens is 1. The second-order valence-electron chi connectivity index (χ2n) is 6.06. The molecule has 3 aromatic rings. The molecule has 7 heteroatoms. The van der Waals surface area contributed by atoms with Crippen molar-refractivity contribution in [2.24, 2.45) is 0 Å². The van der Waals surface area contributed by atoms with Gasteiger partial charge in [-0.15, -0.1) is 0 Å². The molecule has 0 heterocycles. The highest BCUT2D eigenvalue weighted by atomic mass is 35.5. The van der Waals surface area contributed by atoms with Gasteiger partial charge in [-0.25, -0.2) is 8.42 Å². The summed E-state index contributed by atoms with van der Waals surface area (Å²) in [5, 5.41) is 0.456. The second kappa shape index (κ2) is 8.46. The minimum absolute atomic E-state index is 0.0201. The van der Waals surface area contributed by atoms with Gasteiger partial charge >= 0.3 is 0 Å². The van der Waals surface area contributed by atoms with Crippen molar-refractivity contribution in [3.63, 3.8) is 0 Å². The van der Waals surface area contributed by atoms with Gasteiger partial charge in [0.05, 0.1) is 10.6 Å². The number of ether oxygens (including phenoxy) is 1. The smallest absolute Gasteiger partial charge is 0.278 e. The van der Waals surface area contributed by atoms with Gasteiger partial charge in [0.2, 0.25) is 0 Å². The summed E-state index contributed by atoms with van der Waals surface area (Å²) < 4.78 is 32.5. The quantitative estimate of drug-likeness (QED) is 0.596. The Morgan fingerprint density at radius 3 is 2.29 bits per heavy atom. The fourth-order valence-electron chi connectivity index (χ4n) is 2.56. The molecule has 0 unspecified atom stereocenters. The first-order valence-corrected chi connectivity index (χ1v) is 10.3. The first-order valence-electron chi connectivity index (χ1n) is 8.46. The number of hydrogen-bond donors (Lipinski definition) is 0. The molecule has 0 radical (unpaired) electrons. The van der Waals surface area contributed by atoms with Crippen molar-refractivity contribution < 1.29 is 17.9 Å². The third kappa shape index (κ3) is 4.52. The molecule has 0 aliphatic rings. The number of rotatable bonds is 6. The summed E-state index contributed by atoms with van der Waals surface area (Å²) in [4.78, 5) is 12.9. The van der Waals surface area contributed by atoms with Gasteiger partial charge in [-0.2, -0.15) is 4.31 Å². The molecule has 28 heavy (non-hydrogen) atoms. The Bertz CT molecular complexity index is 1070. The molecule has 0 saturated carbocycles. The molecular weight excluding hydrogens is 398 g/mol. The molecule has 0 atom stereocenters. The van der Waals surface area contributed by atoms with E-state index in [1.165, 1.54) is 12.1 Å². The third-order valence-corrected chi connectivity index (χ3v) is 5.93. The molecule has 0 fully saturated rings. The van der Waals surface area contributed by atoms with E-state index in [-0.39, 0.29) is 10.6 Å². The maximum absolute atomic E-state index is 13.2. The monoisotopic (exact) mass is 415 g/mol. The second-order valence-corrected chi connectivity index (χ2v) is 8.28. The molecule has 5 nitrogen and oxygen atoms in total. The number of anilines is 1. The van der Waals surface area contributed by atoms with E-state index in [4.69, 9.17) is 16.3 Å². The van der Waals surface area contributed by atoms with Crippen molar-refractivity contribution in [3.05, 3.63) is 89.4 Å². The van der Waals surface area contributed by atoms with Crippen LogP contribution in [0.1, 0.15) is 5.56 Å².